The summed E-state index contributed by atoms with van der Waals surface area (Å²) in [6, 6.07) is 35.8. The zero-order valence-corrected chi connectivity index (χ0v) is 16.8. The smallest absolute Gasteiger partial charge is 0.262 e. The van der Waals surface area contributed by atoms with Crippen LogP contribution in [0.2, 0.25) is 0 Å². The molecule has 2 aromatic heterocycles. The summed E-state index contributed by atoms with van der Waals surface area (Å²) in [5.41, 5.74) is 6.29. The summed E-state index contributed by atoms with van der Waals surface area (Å²) in [5, 5.41) is 0. The topological polar surface area (TPSA) is 34.9 Å². The monoisotopic (exact) mass is 400 g/mol. The Kier molecular flexibility index (Phi) is 4.99. The van der Waals surface area contributed by atoms with Crippen LogP contribution in [0.5, 0.6) is 0 Å². The van der Waals surface area contributed by atoms with Crippen molar-refractivity contribution < 1.29 is 0 Å². The van der Waals surface area contributed by atoms with Crippen LogP contribution in [-0.2, 0) is 0 Å². The van der Waals surface area contributed by atoms with Gasteiger partial charge in [0.25, 0.3) is 5.56 Å². The van der Waals surface area contributed by atoms with E-state index in [0.29, 0.717) is 5.56 Å². The van der Waals surface area contributed by atoms with Crippen molar-refractivity contribution in [1.82, 2.24) is 9.55 Å². The molecule has 0 bridgehead atoms. The largest absolute Gasteiger partial charge is 0.283 e. The van der Waals surface area contributed by atoms with E-state index in [9.17, 15) is 4.79 Å². The molecule has 0 aliphatic heterocycles. The summed E-state index contributed by atoms with van der Waals surface area (Å²) in [5.74, 6) is 0. The van der Waals surface area contributed by atoms with Gasteiger partial charge in [-0.2, -0.15) is 0 Å². The minimum Gasteiger partial charge on any atom is -0.283 e. The fourth-order valence-corrected chi connectivity index (χ4v) is 3.72. The van der Waals surface area contributed by atoms with Gasteiger partial charge in [-0.1, -0.05) is 78.9 Å². The van der Waals surface area contributed by atoms with Gasteiger partial charge in [0.1, 0.15) is 0 Å². The van der Waals surface area contributed by atoms with Crippen LogP contribution in [-0.4, -0.2) is 9.55 Å². The predicted molar refractivity (Wildman–Crippen MR) is 126 cm³/mol. The van der Waals surface area contributed by atoms with Crippen LogP contribution in [0.25, 0.3) is 39.2 Å². The number of para-hydroxylation sites is 1. The highest BCUT2D eigenvalue weighted by Gasteiger charge is 2.12. The number of nitrogens with zero attached hydrogens (tertiary/aromatic N) is 2. The highest BCUT2D eigenvalue weighted by atomic mass is 16.1. The summed E-state index contributed by atoms with van der Waals surface area (Å²) >= 11 is 0. The molecule has 0 radical (unpaired) electrons. The van der Waals surface area contributed by atoms with Gasteiger partial charge >= 0.3 is 0 Å². The van der Waals surface area contributed by atoms with Gasteiger partial charge in [-0.3, -0.25) is 14.3 Å². The van der Waals surface area contributed by atoms with E-state index < -0.39 is 0 Å². The molecule has 0 aliphatic carbocycles. The Labute approximate surface area is 180 Å². The van der Waals surface area contributed by atoms with Crippen molar-refractivity contribution in [1.29, 1.82) is 0 Å². The zero-order chi connectivity index (χ0) is 21.0. The molecular formula is C28H20N2O. The van der Waals surface area contributed by atoms with Gasteiger partial charge in [-0.15, -0.1) is 0 Å². The van der Waals surface area contributed by atoms with Crippen LogP contribution in [0.1, 0.15) is 0 Å². The van der Waals surface area contributed by atoms with Crippen molar-refractivity contribution in [3.8, 4) is 39.2 Å². The second-order valence-electron chi connectivity index (χ2n) is 7.31. The van der Waals surface area contributed by atoms with Crippen LogP contribution in [0.15, 0.2) is 126 Å². The lowest BCUT2D eigenvalue weighted by molar-refractivity contribution is 0.993. The summed E-state index contributed by atoms with van der Waals surface area (Å²) in [4.78, 5) is 17.9. The molecule has 0 N–H and O–H groups in total. The molecule has 5 aromatic rings. The van der Waals surface area contributed by atoms with E-state index >= 15 is 0 Å². The summed E-state index contributed by atoms with van der Waals surface area (Å²) in [7, 11) is 0. The van der Waals surface area contributed by atoms with Crippen LogP contribution >= 0.6 is 0 Å². The van der Waals surface area contributed by atoms with E-state index in [2.05, 4.69) is 29.2 Å². The molecule has 0 aliphatic rings. The fraction of sp³-hybridized carbons (Fsp3) is 0. The van der Waals surface area contributed by atoms with Gasteiger partial charge < -0.3 is 0 Å². The molecule has 148 valence electrons. The number of rotatable bonds is 4. The summed E-state index contributed by atoms with van der Waals surface area (Å²) < 4.78 is 1.70. The van der Waals surface area contributed by atoms with Crippen molar-refractivity contribution in [3.63, 3.8) is 0 Å². The molecule has 0 spiro atoms. The Hall–Kier alpha value is -4.24. The van der Waals surface area contributed by atoms with Crippen molar-refractivity contribution in [2.75, 3.05) is 0 Å². The molecule has 3 aromatic carbocycles. The van der Waals surface area contributed by atoms with E-state index in [1.165, 1.54) is 0 Å². The number of aromatic nitrogens is 2. The van der Waals surface area contributed by atoms with E-state index in [1.54, 1.807) is 10.8 Å². The van der Waals surface area contributed by atoms with Gasteiger partial charge in [0.2, 0.25) is 0 Å². The third-order valence-corrected chi connectivity index (χ3v) is 5.32. The van der Waals surface area contributed by atoms with E-state index in [-0.39, 0.29) is 5.56 Å². The van der Waals surface area contributed by atoms with Crippen molar-refractivity contribution in [3.05, 3.63) is 132 Å². The van der Waals surface area contributed by atoms with Crippen LogP contribution in [0.4, 0.5) is 0 Å². The molecule has 0 fully saturated rings. The van der Waals surface area contributed by atoms with Gasteiger partial charge in [-0.25, -0.2) is 0 Å². The quantitative estimate of drug-likeness (QED) is 0.358. The van der Waals surface area contributed by atoms with Gasteiger partial charge in [0.15, 0.2) is 0 Å². The maximum Gasteiger partial charge on any atom is 0.262 e. The SMILES string of the molecule is O=c1c(-c2ccc(-c3ccccc3)cc2)cc(-c2ccccn2)cn1-c1ccccc1. The lowest BCUT2D eigenvalue weighted by Crippen LogP contribution is -2.20. The average molecular weight is 400 g/mol. The van der Waals surface area contributed by atoms with E-state index in [1.807, 2.05) is 91.1 Å². The van der Waals surface area contributed by atoms with Gasteiger partial charge in [0, 0.05) is 29.2 Å². The van der Waals surface area contributed by atoms with Gasteiger partial charge in [0.05, 0.1) is 5.69 Å². The molecule has 0 saturated carbocycles. The Morgan fingerprint density at radius 1 is 0.581 bits per heavy atom. The first-order valence-corrected chi connectivity index (χ1v) is 10.2. The summed E-state index contributed by atoms with van der Waals surface area (Å²) in [6.07, 6.45) is 3.63. The van der Waals surface area contributed by atoms with Crippen LogP contribution in [0, 0.1) is 0 Å². The first kappa shape index (κ1) is 18.8. The Bertz CT molecular complexity index is 1360. The van der Waals surface area contributed by atoms with Crippen molar-refractivity contribution in [2.45, 2.75) is 0 Å². The first-order valence-electron chi connectivity index (χ1n) is 10.2. The fourth-order valence-electron chi connectivity index (χ4n) is 3.72. The third-order valence-electron chi connectivity index (χ3n) is 5.32. The zero-order valence-electron chi connectivity index (χ0n) is 16.8. The van der Waals surface area contributed by atoms with Crippen LogP contribution in [0.3, 0.4) is 0 Å². The summed E-state index contributed by atoms with van der Waals surface area (Å²) in [6.45, 7) is 0. The molecule has 0 unspecified atom stereocenters. The minimum absolute atomic E-state index is 0.0571. The first-order chi connectivity index (χ1) is 15.3. The van der Waals surface area contributed by atoms with Gasteiger partial charge in [-0.05, 0) is 47.0 Å². The third kappa shape index (κ3) is 3.81. The second kappa shape index (κ2) is 8.25. The maximum atomic E-state index is 13.5. The predicted octanol–water partition coefficient (Wildman–Crippen LogP) is 6.23. The molecular weight excluding hydrogens is 380 g/mol. The van der Waals surface area contributed by atoms with Crippen molar-refractivity contribution >= 4 is 0 Å². The number of pyridine rings is 2. The maximum absolute atomic E-state index is 13.5. The molecule has 0 saturated heterocycles. The number of hydrogen-bond acceptors (Lipinski definition) is 2. The normalized spacial score (nSPS) is 10.7. The Morgan fingerprint density at radius 3 is 1.87 bits per heavy atom. The molecule has 31 heavy (non-hydrogen) atoms. The lowest BCUT2D eigenvalue weighted by Gasteiger charge is -2.12. The standard InChI is InChI=1S/C28H20N2O/c31-28-26(23-16-14-22(15-17-23)21-9-3-1-4-10-21)19-24(27-13-7-8-18-29-27)20-30(28)25-11-5-2-6-12-25/h1-20H. The molecule has 3 nitrogen and oxygen atoms in total. The lowest BCUT2D eigenvalue weighted by atomic mass is 9.99. The molecule has 3 heteroatoms. The average Bonchev–Trinajstić information content (AvgIpc) is 2.86. The molecule has 5 rings (SSSR count). The highest BCUT2D eigenvalue weighted by molar-refractivity contribution is 5.73. The molecule has 2 heterocycles. The molecule has 0 atom stereocenters. The number of benzene rings is 3. The van der Waals surface area contributed by atoms with E-state index in [4.69, 9.17) is 0 Å². The van der Waals surface area contributed by atoms with Crippen molar-refractivity contribution in [2.24, 2.45) is 0 Å². The Balaban J connectivity index is 1.67. The minimum atomic E-state index is -0.0571. The molecule has 0 amide bonds. The number of hydrogen-bond donors (Lipinski definition) is 0. The second-order valence-corrected chi connectivity index (χ2v) is 7.31. The van der Waals surface area contributed by atoms with Crippen LogP contribution < -0.4 is 5.56 Å². The Morgan fingerprint density at radius 2 is 1.19 bits per heavy atom. The van der Waals surface area contributed by atoms with E-state index in [0.717, 1.165) is 33.6 Å². The highest BCUT2D eigenvalue weighted by Crippen LogP contribution is 2.26.